The van der Waals surface area contributed by atoms with Gasteiger partial charge in [0.25, 0.3) is 0 Å². The minimum Gasteiger partial charge on any atom is -0.486 e. The Morgan fingerprint density at radius 2 is 2.17 bits per heavy atom. The van der Waals surface area contributed by atoms with E-state index in [1.54, 1.807) is 24.3 Å². The minimum atomic E-state index is 0.0614. The highest BCUT2D eigenvalue weighted by Gasteiger charge is 2.16. The van der Waals surface area contributed by atoms with Crippen LogP contribution in [-0.4, -0.2) is 19.7 Å². The first-order valence-corrected chi connectivity index (χ1v) is 6.60. The molecule has 0 aromatic heterocycles. The van der Waals surface area contributed by atoms with E-state index in [2.05, 4.69) is 23.5 Å². The second-order valence-corrected chi connectivity index (χ2v) is 4.72. The molecule has 0 aliphatic heterocycles. The average Bonchev–Trinajstić information content (AvgIpc) is 2.42. The molecule has 1 aromatic carbocycles. The molecule has 0 saturated heterocycles. The van der Waals surface area contributed by atoms with Crippen molar-refractivity contribution in [3.8, 4) is 5.75 Å². The van der Waals surface area contributed by atoms with Gasteiger partial charge >= 0.3 is 0 Å². The Bertz CT molecular complexity index is 442. The standard InChI is InChI=1S/C14H16FNOS/c1-16-10-11-4-2-3-5-14(11)17-12-6-8-13(18-15)9-7-12/h2-4,6-9,14,16H,5,10H2,1H3/t14-/m1/s1. The largest absolute Gasteiger partial charge is 0.486 e. The van der Waals surface area contributed by atoms with Crippen LogP contribution in [0, 0.1) is 0 Å². The van der Waals surface area contributed by atoms with Gasteiger partial charge in [-0.3, -0.25) is 0 Å². The van der Waals surface area contributed by atoms with Gasteiger partial charge in [-0.1, -0.05) is 18.2 Å². The van der Waals surface area contributed by atoms with Crippen molar-refractivity contribution in [3.63, 3.8) is 0 Å². The third kappa shape index (κ3) is 3.37. The van der Waals surface area contributed by atoms with Crippen LogP contribution >= 0.6 is 12.1 Å². The maximum Gasteiger partial charge on any atom is 0.125 e. The number of hydrogen-bond acceptors (Lipinski definition) is 3. The second-order valence-electron chi connectivity index (χ2n) is 4.09. The Balaban J connectivity index is 2.03. The van der Waals surface area contributed by atoms with E-state index in [0.29, 0.717) is 4.90 Å². The summed E-state index contributed by atoms with van der Waals surface area (Å²) in [7, 11) is 1.92. The van der Waals surface area contributed by atoms with E-state index in [-0.39, 0.29) is 18.3 Å². The molecule has 0 spiro atoms. The topological polar surface area (TPSA) is 21.3 Å². The lowest BCUT2D eigenvalue weighted by Crippen LogP contribution is -2.26. The molecule has 1 aliphatic rings. The highest BCUT2D eigenvalue weighted by atomic mass is 32.2. The van der Waals surface area contributed by atoms with Crippen LogP contribution in [0.25, 0.3) is 0 Å². The third-order valence-corrected chi connectivity index (χ3v) is 3.23. The molecule has 0 saturated carbocycles. The molecule has 0 bridgehead atoms. The van der Waals surface area contributed by atoms with Gasteiger partial charge < -0.3 is 10.1 Å². The maximum absolute atomic E-state index is 12.3. The van der Waals surface area contributed by atoms with Crippen LogP contribution < -0.4 is 10.1 Å². The summed E-state index contributed by atoms with van der Waals surface area (Å²) in [5.41, 5.74) is 1.23. The molecule has 0 amide bonds. The molecule has 1 atom stereocenters. The van der Waals surface area contributed by atoms with Crippen LogP contribution in [0.15, 0.2) is 53.0 Å². The first-order valence-electron chi connectivity index (χ1n) is 5.89. The first-order chi connectivity index (χ1) is 8.83. The number of likely N-dealkylation sites (N-methyl/N-ethyl adjacent to an activating group) is 1. The van der Waals surface area contributed by atoms with Gasteiger partial charge in [0.05, 0.1) is 12.1 Å². The van der Waals surface area contributed by atoms with Crippen LogP contribution in [0.3, 0.4) is 0 Å². The van der Waals surface area contributed by atoms with Crippen molar-refractivity contribution in [2.45, 2.75) is 17.4 Å². The first kappa shape index (κ1) is 13.2. The molecule has 1 N–H and O–H groups in total. The number of allylic oxidation sites excluding steroid dienone is 2. The van der Waals surface area contributed by atoms with E-state index in [1.807, 2.05) is 7.05 Å². The second kappa shape index (κ2) is 6.61. The molecule has 2 nitrogen and oxygen atoms in total. The molecule has 4 heteroatoms. The molecule has 0 unspecified atom stereocenters. The Morgan fingerprint density at radius 1 is 1.39 bits per heavy atom. The summed E-state index contributed by atoms with van der Waals surface area (Å²) in [6, 6.07) is 7.05. The van der Waals surface area contributed by atoms with Gasteiger partial charge in [-0.05, 0) is 36.9 Å². The zero-order valence-electron chi connectivity index (χ0n) is 10.2. The van der Waals surface area contributed by atoms with Gasteiger partial charge in [0, 0.05) is 17.9 Å². The van der Waals surface area contributed by atoms with E-state index in [9.17, 15) is 3.89 Å². The molecule has 18 heavy (non-hydrogen) atoms. The summed E-state index contributed by atoms with van der Waals surface area (Å²) >= 11 is 0.244. The molecule has 2 rings (SSSR count). The molecule has 1 aromatic rings. The van der Waals surface area contributed by atoms with Crippen LogP contribution in [0.1, 0.15) is 6.42 Å². The fraction of sp³-hybridized carbons (Fsp3) is 0.286. The molecule has 0 fully saturated rings. The normalized spacial score (nSPS) is 18.6. The van der Waals surface area contributed by atoms with Gasteiger partial charge in [0.2, 0.25) is 0 Å². The number of hydrogen-bond donors (Lipinski definition) is 1. The molecule has 0 radical (unpaired) electrons. The highest BCUT2D eigenvalue weighted by molar-refractivity contribution is 7.94. The number of ether oxygens (including phenoxy) is 1. The number of benzene rings is 1. The van der Waals surface area contributed by atoms with Crippen molar-refractivity contribution in [3.05, 3.63) is 48.1 Å². The Kier molecular flexibility index (Phi) is 4.84. The number of nitrogens with one attached hydrogen (secondary N) is 1. The summed E-state index contributed by atoms with van der Waals surface area (Å²) in [5.74, 6) is 0.773. The van der Waals surface area contributed by atoms with E-state index in [1.165, 1.54) is 5.57 Å². The van der Waals surface area contributed by atoms with Gasteiger partial charge in [-0.2, -0.15) is 3.89 Å². The molecule has 0 heterocycles. The van der Waals surface area contributed by atoms with E-state index in [4.69, 9.17) is 4.74 Å². The van der Waals surface area contributed by atoms with E-state index < -0.39 is 0 Å². The number of halogens is 1. The SMILES string of the molecule is CNCC1=CC=CC[C@H]1Oc1ccc(SF)cc1. The molecular weight excluding hydrogens is 249 g/mol. The molecule has 1 aliphatic carbocycles. The summed E-state index contributed by atoms with van der Waals surface area (Å²) in [6.45, 7) is 0.813. The zero-order chi connectivity index (χ0) is 12.8. The van der Waals surface area contributed by atoms with Crippen molar-refractivity contribution in [2.24, 2.45) is 0 Å². The van der Waals surface area contributed by atoms with Crippen LogP contribution in [-0.2, 0) is 0 Å². The molecular formula is C14H16FNOS. The predicted octanol–water partition coefficient (Wildman–Crippen LogP) is 3.52. The minimum absolute atomic E-state index is 0.0614. The third-order valence-electron chi connectivity index (χ3n) is 2.78. The highest BCUT2D eigenvalue weighted by Crippen LogP contribution is 2.25. The van der Waals surface area contributed by atoms with Crippen LogP contribution in [0.2, 0.25) is 0 Å². The summed E-state index contributed by atoms with van der Waals surface area (Å²) in [4.78, 5) is 0.594. The van der Waals surface area contributed by atoms with Crippen molar-refractivity contribution >= 4 is 12.1 Å². The zero-order valence-corrected chi connectivity index (χ0v) is 11.0. The van der Waals surface area contributed by atoms with Crippen molar-refractivity contribution < 1.29 is 8.62 Å². The maximum atomic E-state index is 12.3. The fourth-order valence-electron chi connectivity index (χ4n) is 1.89. The predicted molar refractivity (Wildman–Crippen MR) is 73.6 cm³/mol. The number of rotatable bonds is 5. The lowest BCUT2D eigenvalue weighted by Gasteiger charge is -2.23. The van der Waals surface area contributed by atoms with Gasteiger partial charge in [0.15, 0.2) is 0 Å². The Morgan fingerprint density at radius 3 is 2.83 bits per heavy atom. The van der Waals surface area contributed by atoms with Crippen molar-refractivity contribution in [2.75, 3.05) is 13.6 Å². The summed E-state index contributed by atoms with van der Waals surface area (Å²) < 4.78 is 18.3. The quantitative estimate of drug-likeness (QED) is 0.880. The van der Waals surface area contributed by atoms with Crippen LogP contribution in [0.5, 0.6) is 5.75 Å². The fourth-order valence-corrected chi connectivity index (χ4v) is 2.13. The van der Waals surface area contributed by atoms with Crippen LogP contribution in [0.4, 0.5) is 3.89 Å². The average molecular weight is 265 g/mol. The smallest absolute Gasteiger partial charge is 0.125 e. The molecule has 96 valence electrons. The Labute approximate surface area is 111 Å². The summed E-state index contributed by atoms with van der Waals surface area (Å²) in [5, 5.41) is 3.14. The van der Waals surface area contributed by atoms with Gasteiger partial charge in [-0.15, -0.1) is 0 Å². The Hall–Kier alpha value is -1.26. The monoisotopic (exact) mass is 265 g/mol. The van der Waals surface area contributed by atoms with Gasteiger partial charge in [0.1, 0.15) is 11.9 Å². The lowest BCUT2D eigenvalue weighted by atomic mass is 10.0. The lowest BCUT2D eigenvalue weighted by molar-refractivity contribution is 0.236. The van der Waals surface area contributed by atoms with E-state index >= 15 is 0 Å². The van der Waals surface area contributed by atoms with Gasteiger partial charge in [-0.25, -0.2) is 0 Å². The summed E-state index contributed by atoms with van der Waals surface area (Å²) in [6.07, 6.45) is 7.15. The van der Waals surface area contributed by atoms with Crippen molar-refractivity contribution in [1.82, 2.24) is 5.32 Å². The van der Waals surface area contributed by atoms with E-state index in [0.717, 1.165) is 18.7 Å². The van der Waals surface area contributed by atoms with Crippen molar-refractivity contribution in [1.29, 1.82) is 0 Å².